The number of piperidine rings is 1. The van der Waals surface area contributed by atoms with Gasteiger partial charge in [-0.3, -0.25) is 15.0 Å². The van der Waals surface area contributed by atoms with Crippen molar-refractivity contribution >= 4 is 5.69 Å². The van der Waals surface area contributed by atoms with E-state index in [4.69, 9.17) is 5.11 Å². The number of nitrogens with zero attached hydrogens (tertiary/aromatic N) is 2. The Kier molecular flexibility index (Phi) is 4.44. The number of nitro benzene ring substituents is 1. The molecule has 0 aliphatic carbocycles. The van der Waals surface area contributed by atoms with Crippen LogP contribution in [-0.2, 0) is 6.54 Å². The molecule has 1 atom stereocenters. The second-order valence-corrected chi connectivity index (χ2v) is 4.97. The van der Waals surface area contributed by atoms with E-state index < -0.39 is 16.4 Å². The molecule has 0 aromatic heterocycles. The fraction of sp³-hybridized carbons (Fsp3) is 0.538. The molecule has 1 N–H and O–H groups in total. The topological polar surface area (TPSA) is 66.6 Å². The van der Waals surface area contributed by atoms with E-state index >= 15 is 0 Å². The summed E-state index contributed by atoms with van der Waals surface area (Å²) in [6.45, 7) is 2.43. The van der Waals surface area contributed by atoms with Crippen LogP contribution in [0.1, 0.15) is 18.4 Å². The molecule has 1 unspecified atom stereocenters. The Morgan fingerprint density at radius 2 is 2.32 bits per heavy atom. The van der Waals surface area contributed by atoms with Crippen LogP contribution in [-0.4, -0.2) is 34.6 Å². The van der Waals surface area contributed by atoms with E-state index in [1.165, 1.54) is 12.1 Å². The van der Waals surface area contributed by atoms with E-state index in [2.05, 4.69) is 4.90 Å². The first-order valence-electron chi connectivity index (χ1n) is 6.36. The molecule has 0 spiro atoms. The van der Waals surface area contributed by atoms with Gasteiger partial charge in [-0.2, -0.15) is 4.39 Å². The highest BCUT2D eigenvalue weighted by molar-refractivity contribution is 5.34. The summed E-state index contributed by atoms with van der Waals surface area (Å²) in [5, 5.41) is 19.7. The van der Waals surface area contributed by atoms with E-state index in [9.17, 15) is 14.5 Å². The Labute approximate surface area is 110 Å². The van der Waals surface area contributed by atoms with Gasteiger partial charge in [0, 0.05) is 25.8 Å². The van der Waals surface area contributed by atoms with Crippen LogP contribution in [0.3, 0.4) is 0 Å². The Morgan fingerprint density at radius 1 is 1.53 bits per heavy atom. The van der Waals surface area contributed by atoms with E-state index in [0.29, 0.717) is 6.54 Å². The monoisotopic (exact) mass is 268 g/mol. The number of hydrogen-bond acceptors (Lipinski definition) is 4. The van der Waals surface area contributed by atoms with Crippen LogP contribution < -0.4 is 0 Å². The number of rotatable bonds is 4. The molecule has 0 bridgehead atoms. The van der Waals surface area contributed by atoms with Gasteiger partial charge in [-0.25, -0.2) is 0 Å². The van der Waals surface area contributed by atoms with Gasteiger partial charge in [0.2, 0.25) is 5.82 Å². The molecule has 5 nitrogen and oxygen atoms in total. The molecule has 0 radical (unpaired) electrons. The quantitative estimate of drug-likeness (QED) is 0.669. The lowest BCUT2D eigenvalue weighted by Gasteiger charge is -2.31. The number of aliphatic hydroxyl groups is 1. The maximum absolute atomic E-state index is 13.5. The molecular weight excluding hydrogens is 251 g/mol. The average molecular weight is 268 g/mol. The first kappa shape index (κ1) is 13.9. The van der Waals surface area contributed by atoms with Crippen LogP contribution in [0.2, 0.25) is 0 Å². The van der Waals surface area contributed by atoms with Crippen LogP contribution in [0.15, 0.2) is 18.2 Å². The highest BCUT2D eigenvalue weighted by Crippen LogP contribution is 2.21. The second kappa shape index (κ2) is 6.08. The first-order valence-corrected chi connectivity index (χ1v) is 6.36. The van der Waals surface area contributed by atoms with Crippen molar-refractivity contribution in [1.29, 1.82) is 0 Å². The molecule has 0 amide bonds. The third-order valence-electron chi connectivity index (χ3n) is 3.48. The number of likely N-dealkylation sites (tertiary alicyclic amines) is 1. The zero-order chi connectivity index (χ0) is 13.8. The number of aliphatic hydroxyl groups excluding tert-OH is 1. The van der Waals surface area contributed by atoms with Gasteiger partial charge in [0.05, 0.1) is 4.92 Å². The third-order valence-corrected chi connectivity index (χ3v) is 3.48. The van der Waals surface area contributed by atoms with E-state index in [1.807, 2.05) is 0 Å². The van der Waals surface area contributed by atoms with Gasteiger partial charge in [-0.1, -0.05) is 6.07 Å². The van der Waals surface area contributed by atoms with E-state index in [0.717, 1.165) is 31.5 Å². The lowest BCUT2D eigenvalue weighted by Crippen LogP contribution is -2.36. The van der Waals surface area contributed by atoms with E-state index in [-0.39, 0.29) is 12.5 Å². The van der Waals surface area contributed by atoms with Crippen molar-refractivity contribution < 1.29 is 14.4 Å². The third kappa shape index (κ3) is 3.48. The summed E-state index contributed by atoms with van der Waals surface area (Å²) in [4.78, 5) is 12.0. The zero-order valence-corrected chi connectivity index (χ0v) is 10.6. The van der Waals surface area contributed by atoms with Crippen molar-refractivity contribution in [3.63, 3.8) is 0 Å². The standard InChI is InChI=1S/C13H17FN2O3/c14-12-6-10(3-4-13(12)16(18)19)7-15-5-1-2-11(8-15)9-17/h3-4,6,11,17H,1-2,5,7-9H2. The molecule has 1 aromatic carbocycles. The van der Waals surface area contributed by atoms with Crippen molar-refractivity contribution in [3.8, 4) is 0 Å². The molecule has 1 fully saturated rings. The number of benzene rings is 1. The zero-order valence-electron chi connectivity index (χ0n) is 10.6. The van der Waals surface area contributed by atoms with Gasteiger partial charge in [-0.15, -0.1) is 0 Å². The summed E-state index contributed by atoms with van der Waals surface area (Å²) in [6, 6.07) is 4.02. The summed E-state index contributed by atoms with van der Waals surface area (Å²) >= 11 is 0. The van der Waals surface area contributed by atoms with E-state index in [1.54, 1.807) is 6.07 Å². The van der Waals surface area contributed by atoms with Crippen molar-refractivity contribution in [2.24, 2.45) is 5.92 Å². The number of nitro groups is 1. The molecule has 2 rings (SSSR count). The average Bonchev–Trinajstić information content (AvgIpc) is 2.38. The predicted octanol–water partition coefficient (Wildman–Crippen LogP) is 1.94. The molecule has 1 aromatic rings. The fourth-order valence-electron chi connectivity index (χ4n) is 2.50. The van der Waals surface area contributed by atoms with Gasteiger partial charge < -0.3 is 5.11 Å². The van der Waals surface area contributed by atoms with Crippen LogP contribution in [0.25, 0.3) is 0 Å². The maximum atomic E-state index is 13.5. The lowest BCUT2D eigenvalue weighted by atomic mass is 9.98. The van der Waals surface area contributed by atoms with Crippen LogP contribution in [0, 0.1) is 21.8 Å². The minimum Gasteiger partial charge on any atom is -0.396 e. The van der Waals surface area contributed by atoms with Gasteiger partial charge in [-0.05, 0) is 36.9 Å². The SMILES string of the molecule is O=[N+]([O-])c1ccc(CN2CCCC(CO)C2)cc1F. The number of hydrogen-bond donors (Lipinski definition) is 1. The normalized spacial score (nSPS) is 20.4. The molecule has 0 saturated carbocycles. The van der Waals surface area contributed by atoms with Crippen molar-refractivity contribution in [1.82, 2.24) is 4.90 Å². The summed E-state index contributed by atoms with van der Waals surface area (Å²) in [7, 11) is 0. The van der Waals surface area contributed by atoms with Crippen LogP contribution in [0.4, 0.5) is 10.1 Å². The van der Waals surface area contributed by atoms with Gasteiger partial charge in [0.15, 0.2) is 0 Å². The summed E-state index contributed by atoms with van der Waals surface area (Å²) in [6.07, 6.45) is 2.03. The molecule has 104 valence electrons. The Hall–Kier alpha value is -1.53. The smallest absolute Gasteiger partial charge is 0.304 e. The predicted molar refractivity (Wildman–Crippen MR) is 68.1 cm³/mol. The molecule has 19 heavy (non-hydrogen) atoms. The minimum absolute atomic E-state index is 0.172. The van der Waals surface area contributed by atoms with Crippen molar-refractivity contribution in [2.45, 2.75) is 19.4 Å². The molecule has 6 heteroatoms. The first-order chi connectivity index (χ1) is 9.10. The highest BCUT2D eigenvalue weighted by atomic mass is 19.1. The lowest BCUT2D eigenvalue weighted by molar-refractivity contribution is -0.387. The Bertz CT molecular complexity index is 467. The Balaban J connectivity index is 2.03. The molecule has 1 aliphatic rings. The number of halogens is 1. The molecule has 1 heterocycles. The second-order valence-electron chi connectivity index (χ2n) is 4.97. The van der Waals surface area contributed by atoms with Gasteiger partial charge in [0.1, 0.15) is 0 Å². The Morgan fingerprint density at radius 3 is 2.95 bits per heavy atom. The molecule has 1 saturated heterocycles. The minimum atomic E-state index is -0.793. The van der Waals surface area contributed by atoms with Crippen molar-refractivity contribution in [2.75, 3.05) is 19.7 Å². The largest absolute Gasteiger partial charge is 0.396 e. The summed E-state index contributed by atoms with van der Waals surface area (Å²) < 4.78 is 13.5. The van der Waals surface area contributed by atoms with Crippen LogP contribution in [0.5, 0.6) is 0 Å². The van der Waals surface area contributed by atoms with Crippen LogP contribution >= 0.6 is 0 Å². The molecular formula is C13H17FN2O3. The highest BCUT2D eigenvalue weighted by Gasteiger charge is 2.20. The van der Waals surface area contributed by atoms with Gasteiger partial charge >= 0.3 is 5.69 Å². The summed E-state index contributed by atoms with van der Waals surface area (Å²) in [5.41, 5.74) is 0.234. The summed E-state index contributed by atoms with van der Waals surface area (Å²) in [5.74, 6) is -0.519. The maximum Gasteiger partial charge on any atom is 0.304 e. The molecule has 1 aliphatic heterocycles. The van der Waals surface area contributed by atoms with Gasteiger partial charge in [0.25, 0.3) is 0 Å². The fourth-order valence-corrected chi connectivity index (χ4v) is 2.50. The van der Waals surface area contributed by atoms with Crippen molar-refractivity contribution in [3.05, 3.63) is 39.7 Å².